The number of carbonyl (C=O) groups is 1. The number of methoxy groups -OCH3 is 1. The fourth-order valence-electron chi connectivity index (χ4n) is 1.62. The van der Waals surface area contributed by atoms with Gasteiger partial charge in [0.1, 0.15) is 0 Å². The standard InChI is InChI=1S/C13H13BrN2O2S/c1-18-12(17)11-10(19-13(14)16-11)8-15-7-9-5-3-2-4-6-9/h2-6,15H,7-8H2,1H3. The minimum Gasteiger partial charge on any atom is -0.464 e. The Balaban J connectivity index is 1.98. The molecule has 1 aromatic carbocycles. The van der Waals surface area contributed by atoms with Gasteiger partial charge < -0.3 is 10.1 Å². The number of ether oxygens (including phenoxy) is 1. The van der Waals surface area contributed by atoms with E-state index in [4.69, 9.17) is 4.74 Å². The Labute approximate surface area is 124 Å². The van der Waals surface area contributed by atoms with Crippen molar-refractivity contribution in [2.24, 2.45) is 0 Å². The molecule has 1 aromatic heterocycles. The minimum atomic E-state index is -0.404. The summed E-state index contributed by atoms with van der Waals surface area (Å²) < 4.78 is 5.40. The van der Waals surface area contributed by atoms with Gasteiger partial charge in [0.15, 0.2) is 9.61 Å². The molecule has 2 rings (SSSR count). The maximum Gasteiger partial charge on any atom is 0.357 e. The van der Waals surface area contributed by atoms with Gasteiger partial charge in [-0.1, -0.05) is 30.3 Å². The Morgan fingerprint density at radius 1 is 1.37 bits per heavy atom. The van der Waals surface area contributed by atoms with Crippen molar-refractivity contribution in [1.82, 2.24) is 10.3 Å². The van der Waals surface area contributed by atoms with Crippen LogP contribution in [0.1, 0.15) is 20.9 Å². The highest BCUT2D eigenvalue weighted by molar-refractivity contribution is 9.11. The zero-order valence-corrected chi connectivity index (χ0v) is 12.8. The Morgan fingerprint density at radius 3 is 2.79 bits per heavy atom. The summed E-state index contributed by atoms with van der Waals surface area (Å²) in [6.07, 6.45) is 0. The molecule has 0 radical (unpaired) electrons. The number of nitrogens with zero attached hydrogens (tertiary/aromatic N) is 1. The third kappa shape index (κ3) is 3.86. The third-order valence-electron chi connectivity index (χ3n) is 2.51. The molecule has 0 atom stereocenters. The predicted molar refractivity (Wildman–Crippen MR) is 78.1 cm³/mol. The van der Waals surface area contributed by atoms with Crippen LogP contribution in [0.15, 0.2) is 34.2 Å². The van der Waals surface area contributed by atoms with E-state index in [2.05, 4.69) is 38.4 Å². The monoisotopic (exact) mass is 340 g/mol. The van der Waals surface area contributed by atoms with Crippen molar-refractivity contribution in [3.05, 3.63) is 50.4 Å². The molecule has 0 saturated carbocycles. The number of hydrogen-bond acceptors (Lipinski definition) is 5. The van der Waals surface area contributed by atoms with E-state index in [1.165, 1.54) is 24.0 Å². The summed E-state index contributed by atoms with van der Waals surface area (Å²) in [5.74, 6) is -0.404. The fraction of sp³-hybridized carbons (Fsp3) is 0.231. The van der Waals surface area contributed by atoms with Crippen LogP contribution in [0, 0.1) is 0 Å². The highest BCUT2D eigenvalue weighted by atomic mass is 79.9. The van der Waals surface area contributed by atoms with Crippen LogP contribution in [0.25, 0.3) is 0 Å². The van der Waals surface area contributed by atoms with Crippen molar-refractivity contribution in [2.75, 3.05) is 7.11 Å². The summed E-state index contributed by atoms with van der Waals surface area (Å²) in [6, 6.07) is 10.1. The zero-order chi connectivity index (χ0) is 13.7. The molecule has 0 saturated heterocycles. The van der Waals surface area contributed by atoms with Gasteiger partial charge in [0, 0.05) is 13.1 Å². The number of nitrogens with one attached hydrogen (secondary N) is 1. The van der Waals surface area contributed by atoms with Gasteiger partial charge in [0.25, 0.3) is 0 Å². The van der Waals surface area contributed by atoms with Crippen LogP contribution >= 0.6 is 27.3 Å². The average Bonchev–Trinajstić information content (AvgIpc) is 2.80. The molecule has 2 aromatic rings. The first-order valence-corrected chi connectivity index (χ1v) is 7.30. The Kier molecular flexibility index (Phi) is 5.07. The second-order valence-electron chi connectivity index (χ2n) is 3.82. The highest BCUT2D eigenvalue weighted by Gasteiger charge is 2.17. The van der Waals surface area contributed by atoms with Crippen molar-refractivity contribution in [3.8, 4) is 0 Å². The summed E-state index contributed by atoms with van der Waals surface area (Å²) in [6.45, 7) is 1.33. The van der Waals surface area contributed by atoms with E-state index in [0.717, 1.165) is 11.4 Å². The second-order valence-corrected chi connectivity index (χ2v) is 6.18. The van der Waals surface area contributed by atoms with Gasteiger partial charge in [-0.05, 0) is 21.5 Å². The average molecular weight is 341 g/mol. The lowest BCUT2D eigenvalue weighted by Crippen LogP contribution is -2.14. The fourth-order valence-corrected chi connectivity index (χ4v) is 3.12. The van der Waals surface area contributed by atoms with E-state index in [-0.39, 0.29) is 0 Å². The topological polar surface area (TPSA) is 51.2 Å². The van der Waals surface area contributed by atoms with Crippen molar-refractivity contribution >= 4 is 33.2 Å². The van der Waals surface area contributed by atoms with Crippen molar-refractivity contribution in [1.29, 1.82) is 0 Å². The molecule has 0 unspecified atom stereocenters. The van der Waals surface area contributed by atoms with E-state index >= 15 is 0 Å². The summed E-state index contributed by atoms with van der Waals surface area (Å²) in [7, 11) is 1.36. The Bertz CT molecular complexity index is 557. The van der Waals surface area contributed by atoms with E-state index < -0.39 is 5.97 Å². The van der Waals surface area contributed by atoms with E-state index in [1.807, 2.05) is 18.2 Å². The highest BCUT2D eigenvalue weighted by Crippen LogP contribution is 2.23. The number of esters is 1. The van der Waals surface area contributed by atoms with Crippen LogP contribution in [-0.4, -0.2) is 18.1 Å². The zero-order valence-electron chi connectivity index (χ0n) is 10.4. The molecule has 0 spiro atoms. The third-order valence-corrected chi connectivity index (χ3v) is 4.01. The lowest BCUT2D eigenvalue weighted by atomic mass is 10.2. The number of carbonyl (C=O) groups excluding carboxylic acids is 1. The molecule has 100 valence electrons. The lowest BCUT2D eigenvalue weighted by Gasteiger charge is -2.04. The summed E-state index contributed by atoms with van der Waals surface area (Å²) >= 11 is 4.72. The molecular formula is C13H13BrN2O2S. The van der Waals surface area contributed by atoms with Gasteiger partial charge >= 0.3 is 5.97 Å². The maximum absolute atomic E-state index is 11.6. The quantitative estimate of drug-likeness (QED) is 0.850. The number of benzene rings is 1. The van der Waals surface area contributed by atoms with Crippen LogP contribution in [0.4, 0.5) is 0 Å². The molecule has 4 nitrogen and oxygen atoms in total. The molecule has 6 heteroatoms. The summed E-state index contributed by atoms with van der Waals surface area (Å²) in [4.78, 5) is 16.6. The predicted octanol–water partition coefficient (Wildman–Crippen LogP) is 2.98. The summed E-state index contributed by atoms with van der Waals surface area (Å²) in [5.41, 5.74) is 1.57. The molecule has 1 heterocycles. The van der Waals surface area contributed by atoms with Crippen LogP contribution in [-0.2, 0) is 17.8 Å². The number of aromatic nitrogens is 1. The van der Waals surface area contributed by atoms with Crippen LogP contribution in [0.3, 0.4) is 0 Å². The number of halogens is 1. The first kappa shape index (κ1) is 14.2. The van der Waals surface area contributed by atoms with Gasteiger partial charge in [-0.2, -0.15) is 0 Å². The lowest BCUT2D eigenvalue weighted by molar-refractivity contribution is 0.0593. The smallest absolute Gasteiger partial charge is 0.357 e. The second kappa shape index (κ2) is 6.79. The van der Waals surface area contributed by atoms with Gasteiger partial charge in [-0.15, -0.1) is 11.3 Å². The Hall–Kier alpha value is -1.24. The largest absolute Gasteiger partial charge is 0.464 e. The first-order valence-electron chi connectivity index (χ1n) is 5.69. The molecule has 0 aliphatic heterocycles. The van der Waals surface area contributed by atoms with Crippen LogP contribution in [0.2, 0.25) is 0 Å². The number of rotatable bonds is 5. The van der Waals surface area contributed by atoms with Crippen molar-refractivity contribution in [3.63, 3.8) is 0 Å². The molecule has 0 aliphatic rings. The van der Waals surface area contributed by atoms with Crippen LogP contribution in [0.5, 0.6) is 0 Å². The molecular weight excluding hydrogens is 328 g/mol. The van der Waals surface area contributed by atoms with Gasteiger partial charge in [-0.3, -0.25) is 0 Å². The molecule has 0 bridgehead atoms. The molecule has 0 aliphatic carbocycles. The Morgan fingerprint density at radius 2 is 2.11 bits per heavy atom. The van der Waals surface area contributed by atoms with Gasteiger partial charge in [-0.25, -0.2) is 9.78 Å². The van der Waals surface area contributed by atoms with E-state index in [0.29, 0.717) is 16.2 Å². The maximum atomic E-state index is 11.6. The normalized spacial score (nSPS) is 10.4. The number of thiazole rings is 1. The minimum absolute atomic E-state index is 0.375. The molecule has 0 fully saturated rings. The SMILES string of the molecule is COC(=O)c1nc(Br)sc1CNCc1ccccc1. The number of hydrogen-bond donors (Lipinski definition) is 1. The van der Waals surface area contributed by atoms with Crippen LogP contribution < -0.4 is 5.32 Å². The van der Waals surface area contributed by atoms with Gasteiger partial charge in [0.2, 0.25) is 0 Å². The van der Waals surface area contributed by atoms with Crippen molar-refractivity contribution in [2.45, 2.75) is 13.1 Å². The first-order chi connectivity index (χ1) is 9.20. The van der Waals surface area contributed by atoms with E-state index in [1.54, 1.807) is 0 Å². The summed E-state index contributed by atoms with van der Waals surface area (Å²) in [5, 5.41) is 3.29. The molecule has 19 heavy (non-hydrogen) atoms. The van der Waals surface area contributed by atoms with Gasteiger partial charge in [0.05, 0.1) is 12.0 Å². The van der Waals surface area contributed by atoms with Crippen molar-refractivity contribution < 1.29 is 9.53 Å². The molecule has 0 amide bonds. The molecule has 1 N–H and O–H groups in total. The van der Waals surface area contributed by atoms with E-state index in [9.17, 15) is 4.79 Å².